The Morgan fingerprint density at radius 3 is 2.56 bits per heavy atom. The Morgan fingerprint density at radius 1 is 1.33 bits per heavy atom. The van der Waals surface area contributed by atoms with Crippen molar-refractivity contribution in [3.8, 4) is 0 Å². The maximum absolute atomic E-state index is 12.1. The van der Waals surface area contributed by atoms with E-state index in [1.165, 1.54) is 4.90 Å². The molecule has 0 saturated heterocycles. The van der Waals surface area contributed by atoms with E-state index in [0.717, 1.165) is 11.3 Å². The number of carbonyl (C=O) groups is 1. The molecule has 0 fully saturated rings. The highest BCUT2D eigenvalue weighted by Gasteiger charge is 2.39. The molecule has 1 heterocycles. The minimum absolute atomic E-state index is 0.103. The molecule has 1 aliphatic heterocycles. The first-order valence-electron chi connectivity index (χ1n) is 6.10. The quantitative estimate of drug-likeness (QED) is 0.769. The van der Waals surface area contributed by atoms with Gasteiger partial charge in [-0.1, -0.05) is 25.1 Å². The largest absolute Gasteiger partial charge is 0.443 e. The first kappa shape index (κ1) is 12.9. The van der Waals surface area contributed by atoms with Crippen molar-refractivity contribution in [1.29, 1.82) is 0 Å². The number of amides is 1. The molecule has 4 nitrogen and oxygen atoms in total. The molecular weight excluding hydrogens is 230 g/mol. The van der Waals surface area contributed by atoms with Crippen molar-refractivity contribution in [2.24, 2.45) is 0 Å². The van der Waals surface area contributed by atoms with E-state index in [1.54, 1.807) is 0 Å². The van der Waals surface area contributed by atoms with Crippen molar-refractivity contribution in [2.75, 3.05) is 4.90 Å². The van der Waals surface area contributed by atoms with Gasteiger partial charge in [-0.2, -0.15) is 0 Å². The van der Waals surface area contributed by atoms with Gasteiger partial charge in [-0.05, 0) is 32.4 Å². The Hall–Kier alpha value is -1.55. The molecule has 4 heteroatoms. The SMILES string of the molecule is CC1c2ccccc2N(C(=O)OC(C)(C)C)C1O. The van der Waals surface area contributed by atoms with E-state index < -0.39 is 17.9 Å². The van der Waals surface area contributed by atoms with Gasteiger partial charge in [0.15, 0.2) is 0 Å². The summed E-state index contributed by atoms with van der Waals surface area (Å²) in [5.74, 6) is -0.103. The van der Waals surface area contributed by atoms with Crippen LogP contribution in [0.1, 0.15) is 39.2 Å². The van der Waals surface area contributed by atoms with Crippen molar-refractivity contribution in [3.63, 3.8) is 0 Å². The highest BCUT2D eigenvalue weighted by molar-refractivity contribution is 5.91. The van der Waals surface area contributed by atoms with Gasteiger partial charge < -0.3 is 9.84 Å². The van der Waals surface area contributed by atoms with Crippen LogP contribution in [0.4, 0.5) is 10.5 Å². The third-order valence-electron chi connectivity index (χ3n) is 2.99. The van der Waals surface area contributed by atoms with Gasteiger partial charge >= 0.3 is 6.09 Å². The number of carbonyl (C=O) groups excluding carboxylic acids is 1. The zero-order valence-corrected chi connectivity index (χ0v) is 11.2. The number of rotatable bonds is 0. The van der Waals surface area contributed by atoms with Crippen LogP contribution in [0.2, 0.25) is 0 Å². The molecule has 0 radical (unpaired) electrons. The number of aliphatic hydroxyl groups is 1. The second-order valence-electron chi connectivity index (χ2n) is 5.61. The summed E-state index contributed by atoms with van der Waals surface area (Å²) in [6.07, 6.45) is -1.37. The third-order valence-corrected chi connectivity index (χ3v) is 2.99. The van der Waals surface area contributed by atoms with E-state index in [0.29, 0.717) is 0 Å². The fourth-order valence-corrected chi connectivity index (χ4v) is 2.14. The van der Waals surface area contributed by atoms with Crippen LogP contribution in [-0.4, -0.2) is 23.0 Å². The maximum atomic E-state index is 12.1. The van der Waals surface area contributed by atoms with Crippen LogP contribution in [0.15, 0.2) is 24.3 Å². The molecule has 18 heavy (non-hydrogen) atoms. The summed E-state index contributed by atoms with van der Waals surface area (Å²) in [6, 6.07) is 7.50. The summed E-state index contributed by atoms with van der Waals surface area (Å²) in [5, 5.41) is 10.2. The van der Waals surface area contributed by atoms with Crippen molar-refractivity contribution >= 4 is 11.8 Å². The van der Waals surface area contributed by atoms with Gasteiger partial charge in [0.1, 0.15) is 11.8 Å². The lowest BCUT2D eigenvalue weighted by Gasteiger charge is -2.27. The molecule has 1 amide bonds. The molecular formula is C14H19NO3. The number of ether oxygens (including phenoxy) is 1. The summed E-state index contributed by atoms with van der Waals surface area (Å²) in [6.45, 7) is 7.32. The zero-order chi connectivity index (χ0) is 13.5. The second-order valence-corrected chi connectivity index (χ2v) is 5.61. The number of benzene rings is 1. The van der Waals surface area contributed by atoms with Crippen molar-refractivity contribution in [2.45, 2.75) is 45.4 Å². The lowest BCUT2D eigenvalue weighted by atomic mass is 10.0. The minimum atomic E-state index is -0.864. The summed E-state index contributed by atoms with van der Waals surface area (Å²) in [4.78, 5) is 13.4. The number of para-hydroxylation sites is 1. The summed E-state index contributed by atoms with van der Waals surface area (Å²) >= 11 is 0. The molecule has 2 unspecified atom stereocenters. The average molecular weight is 249 g/mol. The minimum Gasteiger partial charge on any atom is -0.443 e. The predicted octanol–water partition coefficient (Wildman–Crippen LogP) is 2.86. The fourth-order valence-electron chi connectivity index (χ4n) is 2.14. The third kappa shape index (κ3) is 2.20. The van der Waals surface area contributed by atoms with Gasteiger partial charge in [-0.25, -0.2) is 4.79 Å². The number of hydrogen-bond acceptors (Lipinski definition) is 3. The van der Waals surface area contributed by atoms with Crippen LogP contribution in [0, 0.1) is 0 Å². The van der Waals surface area contributed by atoms with Crippen LogP contribution >= 0.6 is 0 Å². The topological polar surface area (TPSA) is 49.8 Å². The highest BCUT2D eigenvalue weighted by Crippen LogP contribution is 2.40. The van der Waals surface area contributed by atoms with E-state index >= 15 is 0 Å². The lowest BCUT2D eigenvalue weighted by Crippen LogP contribution is -2.42. The average Bonchev–Trinajstić information content (AvgIpc) is 2.50. The smallest absolute Gasteiger partial charge is 0.416 e. The number of fused-ring (bicyclic) bond motifs is 1. The molecule has 0 saturated carbocycles. The molecule has 0 aromatic heterocycles. The van der Waals surface area contributed by atoms with Gasteiger partial charge in [-0.15, -0.1) is 0 Å². The van der Waals surface area contributed by atoms with E-state index in [9.17, 15) is 9.90 Å². The Balaban J connectivity index is 2.32. The summed E-state index contributed by atoms with van der Waals surface area (Å²) in [5.41, 5.74) is 1.13. The number of anilines is 1. The number of hydrogen-bond donors (Lipinski definition) is 1. The second kappa shape index (κ2) is 4.28. The molecule has 1 aliphatic rings. The van der Waals surface area contributed by atoms with Gasteiger partial charge in [0.05, 0.1) is 5.69 Å². The molecule has 1 aromatic carbocycles. The predicted molar refractivity (Wildman–Crippen MR) is 69.6 cm³/mol. The standard InChI is InChI=1S/C14H19NO3/c1-9-10-7-5-6-8-11(10)15(12(9)16)13(17)18-14(2,3)4/h5-9,12,16H,1-4H3. The molecule has 2 atom stereocenters. The monoisotopic (exact) mass is 249 g/mol. The molecule has 0 spiro atoms. The molecule has 1 aromatic rings. The molecule has 2 rings (SSSR count). The van der Waals surface area contributed by atoms with Crippen molar-refractivity contribution in [3.05, 3.63) is 29.8 Å². The van der Waals surface area contributed by atoms with Gasteiger partial charge in [0.25, 0.3) is 0 Å². The Labute approximate surface area is 107 Å². The van der Waals surface area contributed by atoms with Crippen LogP contribution in [0.5, 0.6) is 0 Å². The van der Waals surface area contributed by atoms with E-state index in [2.05, 4.69) is 0 Å². The molecule has 0 aliphatic carbocycles. The summed E-state index contributed by atoms with van der Waals surface area (Å²) in [7, 11) is 0. The van der Waals surface area contributed by atoms with Crippen molar-refractivity contribution in [1.82, 2.24) is 0 Å². The Kier molecular flexibility index (Phi) is 3.07. The first-order chi connectivity index (χ1) is 8.31. The lowest BCUT2D eigenvalue weighted by molar-refractivity contribution is 0.0470. The van der Waals surface area contributed by atoms with Gasteiger partial charge in [-0.3, -0.25) is 4.90 Å². The normalized spacial score (nSPS) is 22.8. The number of aliphatic hydroxyl groups excluding tert-OH is 1. The zero-order valence-electron chi connectivity index (χ0n) is 11.2. The van der Waals surface area contributed by atoms with Crippen LogP contribution in [-0.2, 0) is 4.74 Å². The van der Waals surface area contributed by atoms with E-state index in [4.69, 9.17) is 4.74 Å². The molecule has 98 valence electrons. The number of nitrogens with zero attached hydrogens (tertiary/aromatic N) is 1. The Bertz CT molecular complexity index is 464. The molecule has 0 bridgehead atoms. The van der Waals surface area contributed by atoms with Crippen LogP contribution in [0.3, 0.4) is 0 Å². The van der Waals surface area contributed by atoms with Gasteiger partial charge in [0, 0.05) is 5.92 Å². The van der Waals surface area contributed by atoms with Crippen LogP contribution < -0.4 is 4.90 Å². The molecule has 1 N–H and O–H groups in total. The van der Waals surface area contributed by atoms with Gasteiger partial charge in [0.2, 0.25) is 0 Å². The van der Waals surface area contributed by atoms with Crippen molar-refractivity contribution < 1.29 is 14.6 Å². The Morgan fingerprint density at radius 2 is 1.94 bits per heavy atom. The summed E-state index contributed by atoms with van der Waals surface area (Å²) < 4.78 is 5.32. The highest BCUT2D eigenvalue weighted by atomic mass is 16.6. The van der Waals surface area contributed by atoms with E-state index in [1.807, 2.05) is 52.0 Å². The van der Waals surface area contributed by atoms with E-state index in [-0.39, 0.29) is 5.92 Å². The van der Waals surface area contributed by atoms with Crippen LogP contribution in [0.25, 0.3) is 0 Å². The fraction of sp³-hybridized carbons (Fsp3) is 0.500. The maximum Gasteiger partial charge on any atom is 0.416 e. The first-order valence-corrected chi connectivity index (χ1v) is 6.10.